The molecule has 0 unspecified atom stereocenters. The number of nitrogens with zero attached hydrogens (tertiary/aromatic N) is 4. The molecule has 2 aromatic carbocycles. The Morgan fingerprint density at radius 1 is 1.09 bits per heavy atom. The molecule has 4 aromatic rings. The molecule has 0 amide bonds. The highest BCUT2D eigenvalue weighted by Gasteiger charge is 2.16. The van der Waals surface area contributed by atoms with E-state index in [0.717, 1.165) is 16.7 Å². The summed E-state index contributed by atoms with van der Waals surface area (Å²) in [6.07, 6.45) is 6.52. The highest BCUT2D eigenvalue weighted by molar-refractivity contribution is 5.95. The van der Waals surface area contributed by atoms with E-state index >= 15 is 0 Å². The van der Waals surface area contributed by atoms with Crippen LogP contribution in [0.3, 0.4) is 0 Å². The number of carbonyl (C=O) groups is 1. The van der Waals surface area contributed by atoms with Gasteiger partial charge in [-0.25, -0.2) is 0 Å². The van der Waals surface area contributed by atoms with Gasteiger partial charge >= 0.3 is 0 Å². The molecule has 7 nitrogen and oxygen atoms in total. The molecule has 2 heterocycles. The zero-order valence-electron chi connectivity index (χ0n) is 19.5. The summed E-state index contributed by atoms with van der Waals surface area (Å²) in [6, 6.07) is 19.6. The lowest BCUT2D eigenvalue weighted by molar-refractivity contribution is 0.0957. The lowest BCUT2D eigenvalue weighted by Crippen LogP contribution is -2.14. The van der Waals surface area contributed by atoms with Gasteiger partial charge in [0.1, 0.15) is 5.75 Å². The number of methoxy groups -OCH3 is 1. The van der Waals surface area contributed by atoms with Crippen LogP contribution in [0.15, 0.2) is 79.1 Å². The van der Waals surface area contributed by atoms with E-state index in [9.17, 15) is 4.79 Å². The topological polar surface area (TPSA) is 81.9 Å². The van der Waals surface area contributed by atoms with E-state index < -0.39 is 0 Å². The standard InChI is InChI=1S/C27H27N5O2/c1-19(2)21-12-10-20(11-13-21)17-29-27-30-26(23-8-6-16-28-18-23)31-32(27)25(33)15-14-22-7-4-5-9-24(22)34-3/h4-16,18-19H,17H2,1-3H3,(H,29,30,31)/b15-14+. The molecule has 0 fully saturated rings. The number of ether oxygens (including phenoxy) is 1. The summed E-state index contributed by atoms with van der Waals surface area (Å²) in [6.45, 7) is 4.84. The molecule has 0 aliphatic rings. The van der Waals surface area contributed by atoms with Gasteiger partial charge in [-0.2, -0.15) is 9.67 Å². The third-order valence-corrected chi connectivity index (χ3v) is 5.38. The lowest BCUT2D eigenvalue weighted by Gasteiger charge is -2.08. The van der Waals surface area contributed by atoms with Gasteiger partial charge in [-0.15, -0.1) is 5.10 Å². The molecule has 7 heteroatoms. The molecule has 0 atom stereocenters. The highest BCUT2D eigenvalue weighted by atomic mass is 16.5. The van der Waals surface area contributed by atoms with Crippen LogP contribution in [0.1, 0.15) is 41.3 Å². The number of pyridine rings is 1. The summed E-state index contributed by atoms with van der Waals surface area (Å²) in [5, 5.41) is 7.72. The molecule has 0 spiro atoms. The van der Waals surface area contributed by atoms with Crippen molar-refractivity contribution in [3.8, 4) is 17.1 Å². The minimum absolute atomic E-state index is 0.328. The molecular formula is C27H27N5O2. The van der Waals surface area contributed by atoms with Gasteiger partial charge in [-0.1, -0.05) is 56.3 Å². The summed E-state index contributed by atoms with van der Waals surface area (Å²) in [7, 11) is 1.60. The number of hydrogen-bond acceptors (Lipinski definition) is 6. The van der Waals surface area contributed by atoms with Crippen molar-refractivity contribution in [2.45, 2.75) is 26.3 Å². The number of nitrogens with one attached hydrogen (secondary N) is 1. The second kappa shape index (κ2) is 10.6. The normalized spacial score (nSPS) is 11.2. The van der Waals surface area contributed by atoms with Gasteiger partial charge in [0.15, 0.2) is 5.82 Å². The Hall–Kier alpha value is -4.26. The number of allylic oxidation sites excluding steroid dienone is 1. The Morgan fingerprint density at radius 3 is 2.59 bits per heavy atom. The van der Waals surface area contributed by atoms with Gasteiger partial charge in [0.25, 0.3) is 5.91 Å². The van der Waals surface area contributed by atoms with Crippen LogP contribution in [-0.4, -0.2) is 32.8 Å². The van der Waals surface area contributed by atoms with Crippen LogP contribution in [0.25, 0.3) is 17.5 Å². The molecule has 0 radical (unpaired) electrons. The van der Waals surface area contributed by atoms with Crippen molar-refractivity contribution in [2.75, 3.05) is 12.4 Å². The smallest absolute Gasteiger partial charge is 0.274 e. The number of carbonyl (C=O) groups excluding carboxylic acids is 1. The van der Waals surface area contributed by atoms with E-state index in [1.54, 1.807) is 25.6 Å². The predicted molar refractivity (Wildman–Crippen MR) is 134 cm³/mol. The first-order valence-corrected chi connectivity index (χ1v) is 11.1. The first-order chi connectivity index (χ1) is 16.5. The molecule has 0 aliphatic carbocycles. The Morgan fingerprint density at radius 2 is 1.88 bits per heavy atom. The van der Waals surface area contributed by atoms with Crippen LogP contribution in [0.4, 0.5) is 5.95 Å². The summed E-state index contributed by atoms with van der Waals surface area (Å²) in [4.78, 5) is 21.8. The molecule has 172 valence electrons. The summed E-state index contributed by atoms with van der Waals surface area (Å²) in [5.74, 6) is 1.61. The fourth-order valence-electron chi connectivity index (χ4n) is 3.43. The molecule has 1 N–H and O–H groups in total. The van der Waals surface area contributed by atoms with E-state index in [0.29, 0.717) is 30.0 Å². The van der Waals surface area contributed by atoms with Crippen LogP contribution in [0, 0.1) is 0 Å². The second-order valence-electron chi connectivity index (χ2n) is 8.08. The van der Waals surface area contributed by atoms with Crippen molar-refractivity contribution < 1.29 is 9.53 Å². The van der Waals surface area contributed by atoms with Crippen molar-refractivity contribution in [1.29, 1.82) is 0 Å². The first kappa shape index (κ1) is 22.9. The number of benzene rings is 2. The number of hydrogen-bond donors (Lipinski definition) is 1. The maximum atomic E-state index is 13.1. The number of aromatic nitrogens is 4. The van der Waals surface area contributed by atoms with Crippen molar-refractivity contribution in [3.05, 3.63) is 95.8 Å². The van der Waals surface area contributed by atoms with E-state index in [4.69, 9.17) is 4.74 Å². The predicted octanol–water partition coefficient (Wildman–Crippen LogP) is 5.44. The van der Waals surface area contributed by atoms with Crippen molar-refractivity contribution in [2.24, 2.45) is 0 Å². The summed E-state index contributed by atoms with van der Waals surface area (Å²) in [5.41, 5.74) is 3.89. The first-order valence-electron chi connectivity index (χ1n) is 11.1. The Bertz CT molecular complexity index is 1280. The second-order valence-corrected chi connectivity index (χ2v) is 8.08. The molecule has 0 bridgehead atoms. The fourth-order valence-corrected chi connectivity index (χ4v) is 3.43. The lowest BCUT2D eigenvalue weighted by atomic mass is 10.0. The quantitative estimate of drug-likeness (QED) is 0.358. The van der Waals surface area contributed by atoms with Crippen LogP contribution in [0.2, 0.25) is 0 Å². The van der Waals surface area contributed by atoms with Gasteiger partial charge in [0, 0.05) is 36.1 Å². The van der Waals surface area contributed by atoms with Crippen molar-refractivity contribution >= 4 is 17.9 Å². The molecule has 34 heavy (non-hydrogen) atoms. The molecule has 0 saturated heterocycles. The van der Waals surface area contributed by atoms with Crippen molar-refractivity contribution in [1.82, 2.24) is 19.7 Å². The largest absolute Gasteiger partial charge is 0.496 e. The van der Waals surface area contributed by atoms with Crippen LogP contribution in [0.5, 0.6) is 5.75 Å². The highest BCUT2D eigenvalue weighted by Crippen LogP contribution is 2.21. The summed E-state index contributed by atoms with van der Waals surface area (Å²) >= 11 is 0. The average Bonchev–Trinajstić information content (AvgIpc) is 3.31. The SMILES string of the molecule is COc1ccccc1/C=C/C(=O)n1nc(-c2cccnc2)nc1NCc1ccc(C(C)C)cc1. The van der Waals surface area contributed by atoms with Gasteiger partial charge in [-0.3, -0.25) is 9.78 Å². The van der Waals surface area contributed by atoms with E-state index in [2.05, 4.69) is 58.5 Å². The average molecular weight is 454 g/mol. The zero-order chi connectivity index (χ0) is 23.9. The van der Waals surface area contributed by atoms with Gasteiger partial charge in [-0.05, 0) is 41.3 Å². The number of para-hydroxylation sites is 1. The minimum atomic E-state index is -0.328. The van der Waals surface area contributed by atoms with Gasteiger partial charge < -0.3 is 10.1 Å². The molecule has 2 aromatic heterocycles. The maximum Gasteiger partial charge on any atom is 0.274 e. The minimum Gasteiger partial charge on any atom is -0.496 e. The Labute approximate surface area is 199 Å². The third-order valence-electron chi connectivity index (χ3n) is 5.38. The molecule has 0 saturated carbocycles. The van der Waals surface area contributed by atoms with Crippen LogP contribution >= 0.6 is 0 Å². The fraction of sp³-hybridized carbons (Fsp3) is 0.185. The van der Waals surface area contributed by atoms with E-state index in [1.165, 1.54) is 16.3 Å². The summed E-state index contributed by atoms with van der Waals surface area (Å²) < 4.78 is 6.64. The molecular weight excluding hydrogens is 426 g/mol. The van der Waals surface area contributed by atoms with Crippen LogP contribution in [-0.2, 0) is 6.54 Å². The monoisotopic (exact) mass is 453 g/mol. The van der Waals surface area contributed by atoms with Gasteiger partial charge in [0.05, 0.1) is 7.11 Å². The Kier molecular flexibility index (Phi) is 7.13. The zero-order valence-corrected chi connectivity index (χ0v) is 19.5. The Balaban J connectivity index is 1.60. The maximum absolute atomic E-state index is 13.1. The van der Waals surface area contributed by atoms with Gasteiger partial charge in [0.2, 0.25) is 5.95 Å². The van der Waals surface area contributed by atoms with Crippen molar-refractivity contribution in [3.63, 3.8) is 0 Å². The number of anilines is 1. The van der Waals surface area contributed by atoms with Crippen LogP contribution < -0.4 is 10.1 Å². The third kappa shape index (κ3) is 5.38. The van der Waals surface area contributed by atoms with E-state index in [-0.39, 0.29) is 5.91 Å². The number of rotatable bonds is 8. The van der Waals surface area contributed by atoms with E-state index in [1.807, 2.05) is 36.4 Å². The molecule has 4 rings (SSSR count). The molecule has 0 aliphatic heterocycles.